The number of carboxylic acids is 1. The molecule has 0 aliphatic rings. The molecule has 2 aromatic heterocycles. The second kappa shape index (κ2) is 6.71. The van der Waals surface area contributed by atoms with Gasteiger partial charge >= 0.3 is 5.97 Å². The van der Waals surface area contributed by atoms with E-state index in [-0.39, 0.29) is 11.5 Å². The minimum absolute atomic E-state index is 0.166. The molecule has 2 aromatic rings. The van der Waals surface area contributed by atoms with Gasteiger partial charge in [0.15, 0.2) is 0 Å². The number of nitrogens with zero attached hydrogens (tertiary/aromatic N) is 4. The van der Waals surface area contributed by atoms with Crippen LogP contribution in [0.2, 0.25) is 0 Å². The number of aromatic carboxylic acids is 1. The summed E-state index contributed by atoms with van der Waals surface area (Å²) in [5.41, 5.74) is 0.723. The van der Waals surface area contributed by atoms with Crippen molar-refractivity contribution in [3.8, 4) is 0 Å². The van der Waals surface area contributed by atoms with E-state index in [4.69, 9.17) is 0 Å². The van der Waals surface area contributed by atoms with E-state index in [1.54, 1.807) is 19.4 Å². The van der Waals surface area contributed by atoms with Gasteiger partial charge in [0.05, 0.1) is 12.0 Å². The summed E-state index contributed by atoms with van der Waals surface area (Å²) >= 11 is 1.44. The number of hydrogen-bond acceptors (Lipinski definition) is 5. The predicted molar refractivity (Wildman–Crippen MR) is 80.8 cm³/mol. The Morgan fingerprint density at radius 3 is 2.76 bits per heavy atom. The van der Waals surface area contributed by atoms with E-state index in [0.717, 1.165) is 12.3 Å². The summed E-state index contributed by atoms with van der Waals surface area (Å²) in [5, 5.41) is 9.89. The molecule has 112 valence electrons. The molecule has 0 saturated heterocycles. The predicted octanol–water partition coefficient (Wildman–Crippen LogP) is 2.60. The van der Waals surface area contributed by atoms with Crippen LogP contribution in [-0.4, -0.2) is 36.3 Å². The molecule has 0 amide bonds. The van der Waals surface area contributed by atoms with Gasteiger partial charge in [-0.3, -0.25) is 0 Å². The molecule has 0 spiro atoms. The topological polar surface area (TPSA) is 80.9 Å². The number of aromatic nitrogens is 4. The minimum atomic E-state index is -0.979. The number of imidazole rings is 1. The first-order chi connectivity index (χ1) is 9.99. The van der Waals surface area contributed by atoms with Gasteiger partial charge in [0.2, 0.25) is 0 Å². The monoisotopic (exact) mass is 306 g/mol. The Hall–Kier alpha value is -1.89. The third-order valence-corrected chi connectivity index (χ3v) is 3.91. The normalized spacial score (nSPS) is 11.0. The van der Waals surface area contributed by atoms with Crippen molar-refractivity contribution in [3.05, 3.63) is 35.8 Å². The van der Waals surface area contributed by atoms with E-state index in [1.165, 1.54) is 11.8 Å². The average molecular weight is 306 g/mol. The maximum absolute atomic E-state index is 11.4. The van der Waals surface area contributed by atoms with Gasteiger partial charge < -0.3 is 9.67 Å². The molecule has 0 aromatic carbocycles. The zero-order valence-electron chi connectivity index (χ0n) is 12.3. The van der Waals surface area contributed by atoms with Crippen molar-refractivity contribution in [1.29, 1.82) is 0 Å². The molecule has 0 radical (unpaired) electrons. The van der Waals surface area contributed by atoms with Gasteiger partial charge in [-0.15, -0.1) is 11.8 Å². The Morgan fingerprint density at radius 1 is 1.43 bits per heavy atom. The van der Waals surface area contributed by atoms with Crippen LogP contribution in [0.1, 0.15) is 41.6 Å². The number of carboxylic acid groups (broad SMARTS) is 1. The van der Waals surface area contributed by atoms with Gasteiger partial charge in [0.25, 0.3) is 0 Å². The van der Waals surface area contributed by atoms with Crippen LogP contribution in [0, 0.1) is 6.92 Å². The molecule has 0 aliphatic carbocycles. The molecule has 1 N–H and O–H groups in total. The maximum Gasteiger partial charge on any atom is 0.340 e. The summed E-state index contributed by atoms with van der Waals surface area (Å²) in [5.74, 6) is 0.597. The lowest BCUT2D eigenvalue weighted by Gasteiger charge is -2.12. The van der Waals surface area contributed by atoms with Crippen molar-refractivity contribution in [2.75, 3.05) is 5.75 Å². The van der Waals surface area contributed by atoms with E-state index in [2.05, 4.69) is 15.0 Å². The lowest BCUT2D eigenvalue weighted by atomic mass is 10.2. The van der Waals surface area contributed by atoms with E-state index >= 15 is 0 Å². The highest BCUT2D eigenvalue weighted by Gasteiger charge is 2.19. The molecule has 6 nitrogen and oxygen atoms in total. The van der Waals surface area contributed by atoms with Crippen molar-refractivity contribution < 1.29 is 9.90 Å². The molecule has 0 saturated carbocycles. The van der Waals surface area contributed by atoms with Crippen molar-refractivity contribution in [3.63, 3.8) is 0 Å². The van der Waals surface area contributed by atoms with Gasteiger partial charge in [-0.05, 0) is 6.92 Å². The van der Waals surface area contributed by atoms with Crippen molar-refractivity contribution in [2.45, 2.75) is 38.3 Å². The second-order valence-electron chi connectivity index (χ2n) is 4.96. The summed E-state index contributed by atoms with van der Waals surface area (Å²) in [6.07, 6.45) is 5.34. The fourth-order valence-electron chi connectivity index (χ4n) is 1.84. The van der Waals surface area contributed by atoms with Crippen LogP contribution in [0.5, 0.6) is 0 Å². The quantitative estimate of drug-likeness (QED) is 0.652. The largest absolute Gasteiger partial charge is 0.478 e. The highest BCUT2D eigenvalue weighted by molar-refractivity contribution is 7.99. The molecule has 2 heterocycles. The molecule has 7 heteroatoms. The van der Waals surface area contributed by atoms with Crippen molar-refractivity contribution in [2.24, 2.45) is 0 Å². The zero-order valence-corrected chi connectivity index (χ0v) is 13.1. The summed E-state index contributed by atoms with van der Waals surface area (Å²) in [7, 11) is 0. The van der Waals surface area contributed by atoms with Crippen LogP contribution in [0.15, 0.2) is 23.7 Å². The molecule has 0 unspecified atom stereocenters. The van der Waals surface area contributed by atoms with Crippen LogP contribution in [0.4, 0.5) is 0 Å². The highest BCUT2D eigenvalue weighted by atomic mass is 32.2. The Labute approximate surface area is 127 Å². The first kappa shape index (κ1) is 15.5. The lowest BCUT2D eigenvalue weighted by Crippen LogP contribution is -2.11. The van der Waals surface area contributed by atoms with Crippen LogP contribution < -0.4 is 0 Å². The molecular weight excluding hydrogens is 288 g/mol. The number of thioether (sulfide) groups is 1. The van der Waals surface area contributed by atoms with E-state index in [0.29, 0.717) is 16.5 Å². The summed E-state index contributed by atoms with van der Waals surface area (Å²) < 4.78 is 1.95. The standard InChI is InChI=1S/C14H18N4O2S/c1-9(2)12-16-10(3)11(14(19)20)13(17-12)21-7-6-18-5-4-15-8-18/h4-5,8-9H,6-7H2,1-3H3,(H,19,20). The lowest BCUT2D eigenvalue weighted by molar-refractivity contribution is 0.0690. The third-order valence-electron chi connectivity index (χ3n) is 2.95. The van der Waals surface area contributed by atoms with Crippen LogP contribution in [0.25, 0.3) is 0 Å². The molecule has 0 fully saturated rings. The van der Waals surface area contributed by atoms with Gasteiger partial charge in [-0.1, -0.05) is 13.8 Å². The van der Waals surface area contributed by atoms with Gasteiger partial charge in [-0.2, -0.15) is 0 Å². The first-order valence-electron chi connectivity index (χ1n) is 6.69. The molecule has 0 bridgehead atoms. The number of carbonyl (C=O) groups is 1. The fraction of sp³-hybridized carbons (Fsp3) is 0.429. The Balaban J connectivity index is 2.20. The summed E-state index contributed by atoms with van der Waals surface area (Å²) in [6.45, 7) is 6.46. The maximum atomic E-state index is 11.4. The first-order valence-corrected chi connectivity index (χ1v) is 7.68. The van der Waals surface area contributed by atoms with E-state index in [9.17, 15) is 9.90 Å². The van der Waals surface area contributed by atoms with Gasteiger partial charge in [0, 0.05) is 30.6 Å². The minimum Gasteiger partial charge on any atom is -0.478 e. The van der Waals surface area contributed by atoms with Crippen molar-refractivity contribution in [1.82, 2.24) is 19.5 Å². The number of hydrogen-bond donors (Lipinski definition) is 1. The van der Waals surface area contributed by atoms with Crippen molar-refractivity contribution >= 4 is 17.7 Å². The van der Waals surface area contributed by atoms with E-state index in [1.807, 2.05) is 24.6 Å². The summed E-state index contributed by atoms with van der Waals surface area (Å²) in [6, 6.07) is 0. The second-order valence-corrected chi connectivity index (χ2v) is 6.04. The molecule has 0 atom stereocenters. The SMILES string of the molecule is Cc1nc(C(C)C)nc(SCCn2ccnc2)c1C(=O)O. The molecule has 0 aliphatic heterocycles. The van der Waals surface area contributed by atoms with Crippen LogP contribution in [0.3, 0.4) is 0 Å². The third kappa shape index (κ3) is 3.81. The fourth-order valence-corrected chi connectivity index (χ4v) is 2.88. The van der Waals surface area contributed by atoms with Crippen LogP contribution in [-0.2, 0) is 6.54 Å². The summed E-state index contributed by atoms with van der Waals surface area (Å²) in [4.78, 5) is 24.1. The Kier molecular flexibility index (Phi) is 4.95. The average Bonchev–Trinajstić information content (AvgIpc) is 2.90. The zero-order chi connectivity index (χ0) is 15.4. The van der Waals surface area contributed by atoms with E-state index < -0.39 is 5.97 Å². The molecule has 21 heavy (non-hydrogen) atoms. The van der Waals surface area contributed by atoms with Gasteiger partial charge in [0.1, 0.15) is 16.4 Å². The van der Waals surface area contributed by atoms with Gasteiger partial charge in [-0.25, -0.2) is 19.7 Å². The van der Waals surface area contributed by atoms with Crippen LogP contribution >= 0.6 is 11.8 Å². The molecular formula is C14H18N4O2S. The number of rotatable bonds is 6. The Bertz CT molecular complexity index is 626. The smallest absolute Gasteiger partial charge is 0.340 e. The Morgan fingerprint density at radius 2 is 2.19 bits per heavy atom. The molecule has 2 rings (SSSR count). The highest BCUT2D eigenvalue weighted by Crippen LogP contribution is 2.25. The number of aryl methyl sites for hydroxylation is 2.